The molecule has 118 valence electrons. The van der Waals surface area contributed by atoms with Crippen LogP contribution in [-0.2, 0) is 4.74 Å². The fourth-order valence-electron chi connectivity index (χ4n) is 2.52. The molecular formula is C13H17N5O4. The molecule has 2 aromatic rings. The maximum Gasteiger partial charge on any atom is 0.167 e. The van der Waals surface area contributed by atoms with Gasteiger partial charge in [0.15, 0.2) is 17.7 Å². The van der Waals surface area contributed by atoms with Crippen molar-refractivity contribution < 1.29 is 20.1 Å². The van der Waals surface area contributed by atoms with Gasteiger partial charge in [-0.15, -0.1) is 0 Å². The molecule has 2 aromatic heterocycles. The summed E-state index contributed by atoms with van der Waals surface area (Å²) < 4.78 is 7.05. The highest BCUT2D eigenvalue weighted by Gasteiger charge is 2.46. The van der Waals surface area contributed by atoms with Gasteiger partial charge < -0.3 is 25.8 Å². The Morgan fingerprint density at radius 3 is 2.86 bits per heavy atom. The van der Waals surface area contributed by atoms with Gasteiger partial charge in [0.1, 0.15) is 35.9 Å². The van der Waals surface area contributed by atoms with Gasteiger partial charge in [0, 0.05) is 0 Å². The lowest BCUT2D eigenvalue weighted by atomic mass is 10.1. The molecule has 3 rings (SSSR count). The molecule has 0 aliphatic carbocycles. The van der Waals surface area contributed by atoms with Gasteiger partial charge in [0.05, 0.1) is 6.33 Å². The highest BCUT2D eigenvalue weighted by molar-refractivity contribution is 5.81. The van der Waals surface area contributed by atoms with Gasteiger partial charge in [0.2, 0.25) is 0 Å². The largest absolute Gasteiger partial charge is 0.510 e. The normalized spacial score (nSPS) is 29.3. The topological polar surface area (TPSA) is 140 Å². The number of hydrogen-bond acceptors (Lipinski definition) is 8. The molecule has 1 aliphatic rings. The Morgan fingerprint density at radius 1 is 1.36 bits per heavy atom. The lowest BCUT2D eigenvalue weighted by Crippen LogP contribution is -2.32. The van der Waals surface area contributed by atoms with Crippen LogP contribution in [0, 0.1) is 0 Å². The average molecular weight is 307 g/mol. The molecule has 0 aromatic carbocycles. The van der Waals surface area contributed by atoms with Gasteiger partial charge >= 0.3 is 0 Å². The number of ether oxygens (including phenoxy) is 1. The third-order valence-electron chi connectivity index (χ3n) is 3.60. The zero-order chi connectivity index (χ0) is 15.9. The second kappa shape index (κ2) is 5.52. The Labute approximate surface area is 125 Å². The van der Waals surface area contributed by atoms with Gasteiger partial charge in [-0.1, -0.05) is 6.92 Å². The number of nitrogen functional groups attached to an aromatic ring is 1. The first kappa shape index (κ1) is 14.7. The van der Waals surface area contributed by atoms with E-state index in [0.29, 0.717) is 17.6 Å². The van der Waals surface area contributed by atoms with Crippen molar-refractivity contribution in [2.75, 3.05) is 5.73 Å². The molecule has 0 spiro atoms. The molecule has 22 heavy (non-hydrogen) atoms. The minimum Gasteiger partial charge on any atom is -0.510 e. The van der Waals surface area contributed by atoms with Crippen LogP contribution in [0.2, 0.25) is 0 Å². The number of fused-ring (bicyclic) bond motifs is 1. The molecule has 3 heterocycles. The van der Waals surface area contributed by atoms with Gasteiger partial charge in [-0.2, -0.15) is 0 Å². The first-order valence-corrected chi connectivity index (χ1v) is 6.88. The maximum atomic E-state index is 10.2. The summed E-state index contributed by atoms with van der Waals surface area (Å²) in [4.78, 5) is 12.0. The smallest absolute Gasteiger partial charge is 0.167 e. The zero-order valence-electron chi connectivity index (χ0n) is 11.9. The monoisotopic (exact) mass is 307 g/mol. The van der Waals surface area contributed by atoms with Crippen LogP contribution in [-0.4, -0.2) is 53.2 Å². The summed E-state index contributed by atoms with van der Waals surface area (Å²) in [5.74, 6) is 0.0946. The number of rotatable bonds is 3. The molecule has 1 aliphatic heterocycles. The standard InChI is InChI=1S/C13H17N5O4/c1-2-3-6(19)10-8(20)9(21)13(22-10)18-5-17-7-11(14)15-4-16-12(7)18/h3-5,8-10,13,19-21H,2H2,1H3,(H2,14,15,16)/t8-,9+,10+,13+/m0/s1. The molecule has 0 amide bonds. The maximum absolute atomic E-state index is 10.2. The third kappa shape index (κ3) is 2.19. The molecule has 1 fully saturated rings. The SMILES string of the molecule is CCC=C(O)[C@H]1O[C@@H](n2cnc3c(N)ncnc32)[C@H](O)[C@@H]1O. The number of allylic oxidation sites excluding steroid dienone is 1. The number of nitrogens with two attached hydrogens (primary N) is 1. The lowest BCUT2D eigenvalue weighted by Gasteiger charge is -2.16. The van der Waals surface area contributed by atoms with Crippen LogP contribution >= 0.6 is 0 Å². The minimum atomic E-state index is -1.26. The summed E-state index contributed by atoms with van der Waals surface area (Å²) in [7, 11) is 0. The van der Waals surface area contributed by atoms with Gasteiger partial charge in [0.25, 0.3) is 0 Å². The Bertz CT molecular complexity index is 716. The van der Waals surface area contributed by atoms with Crippen molar-refractivity contribution in [2.24, 2.45) is 0 Å². The van der Waals surface area contributed by atoms with Crippen molar-refractivity contribution in [3.05, 3.63) is 24.5 Å². The molecule has 0 bridgehead atoms. The van der Waals surface area contributed by atoms with E-state index in [0.717, 1.165) is 0 Å². The predicted molar refractivity (Wildman–Crippen MR) is 76.7 cm³/mol. The van der Waals surface area contributed by atoms with Crippen LogP contribution in [0.1, 0.15) is 19.6 Å². The number of imidazole rings is 1. The van der Waals surface area contributed by atoms with Crippen LogP contribution in [0.3, 0.4) is 0 Å². The second-order valence-electron chi connectivity index (χ2n) is 5.05. The van der Waals surface area contributed by atoms with Crippen molar-refractivity contribution in [2.45, 2.75) is 37.9 Å². The van der Waals surface area contributed by atoms with E-state index in [4.69, 9.17) is 10.5 Å². The molecule has 9 nitrogen and oxygen atoms in total. The van der Waals surface area contributed by atoms with Crippen molar-refractivity contribution in [3.63, 3.8) is 0 Å². The molecular weight excluding hydrogens is 290 g/mol. The summed E-state index contributed by atoms with van der Waals surface area (Å²) in [6.07, 6.45) is 0.337. The van der Waals surface area contributed by atoms with Crippen molar-refractivity contribution in [3.8, 4) is 0 Å². The van der Waals surface area contributed by atoms with Crippen LogP contribution in [0.25, 0.3) is 11.2 Å². The molecule has 1 saturated heterocycles. The average Bonchev–Trinajstić information content (AvgIpc) is 3.03. The number of nitrogens with zero attached hydrogens (tertiary/aromatic N) is 4. The molecule has 9 heteroatoms. The van der Waals surface area contributed by atoms with Crippen LogP contribution in [0.5, 0.6) is 0 Å². The first-order chi connectivity index (χ1) is 10.5. The Kier molecular flexibility index (Phi) is 3.69. The fourth-order valence-corrected chi connectivity index (χ4v) is 2.52. The number of aliphatic hydroxyl groups is 3. The van der Waals surface area contributed by atoms with Crippen LogP contribution in [0.4, 0.5) is 5.82 Å². The first-order valence-electron chi connectivity index (χ1n) is 6.88. The van der Waals surface area contributed by atoms with Crippen LogP contribution < -0.4 is 5.73 Å². The zero-order valence-corrected chi connectivity index (χ0v) is 11.9. The molecule has 0 radical (unpaired) electrons. The van der Waals surface area contributed by atoms with Crippen LogP contribution in [0.15, 0.2) is 24.5 Å². The number of aliphatic hydroxyl groups excluding tert-OH is 3. The van der Waals surface area contributed by atoms with Gasteiger partial charge in [-0.25, -0.2) is 15.0 Å². The van der Waals surface area contributed by atoms with Crippen molar-refractivity contribution >= 4 is 17.0 Å². The third-order valence-corrected chi connectivity index (χ3v) is 3.60. The van der Waals surface area contributed by atoms with E-state index in [-0.39, 0.29) is 11.6 Å². The number of anilines is 1. The minimum absolute atomic E-state index is 0.116. The highest BCUT2D eigenvalue weighted by atomic mass is 16.6. The van der Waals surface area contributed by atoms with Gasteiger partial charge in [-0.3, -0.25) is 4.57 Å². The van der Waals surface area contributed by atoms with E-state index in [1.165, 1.54) is 23.3 Å². The van der Waals surface area contributed by atoms with E-state index in [2.05, 4.69) is 15.0 Å². The number of aromatic nitrogens is 4. The molecule has 4 atom stereocenters. The Morgan fingerprint density at radius 2 is 2.14 bits per heavy atom. The highest BCUT2D eigenvalue weighted by Crippen LogP contribution is 2.34. The van der Waals surface area contributed by atoms with E-state index >= 15 is 0 Å². The molecule has 0 unspecified atom stereocenters. The van der Waals surface area contributed by atoms with E-state index in [1.54, 1.807) is 0 Å². The predicted octanol–water partition coefficient (Wildman–Crippen LogP) is -0.120. The summed E-state index contributed by atoms with van der Waals surface area (Å²) in [5, 5.41) is 30.2. The van der Waals surface area contributed by atoms with Crippen molar-refractivity contribution in [1.29, 1.82) is 0 Å². The summed E-state index contributed by atoms with van der Waals surface area (Å²) in [6, 6.07) is 0. The molecule has 5 N–H and O–H groups in total. The summed E-state index contributed by atoms with van der Waals surface area (Å²) >= 11 is 0. The second-order valence-corrected chi connectivity index (χ2v) is 5.05. The fraction of sp³-hybridized carbons (Fsp3) is 0.462. The summed E-state index contributed by atoms with van der Waals surface area (Å²) in [6.45, 7) is 1.84. The van der Waals surface area contributed by atoms with Crippen molar-refractivity contribution in [1.82, 2.24) is 19.5 Å². The Hall–Kier alpha value is -2.23. The molecule has 0 saturated carbocycles. The van der Waals surface area contributed by atoms with E-state index in [1.807, 2.05) is 6.92 Å². The quantitative estimate of drug-likeness (QED) is 0.575. The number of hydrogen-bond donors (Lipinski definition) is 4. The summed E-state index contributed by atoms with van der Waals surface area (Å²) in [5.41, 5.74) is 6.47. The Balaban J connectivity index is 1.98. The van der Waals surface area contributed by atoms with E-state index in [9.17, 15) is 15.3 Å². The lowest BCUT2D eigenvalue weighted by molar-refractivity contribution is -0.0342. The van der Waals surface area contributed by atoms with E-state index < -0.39 is 24.5 Å². The van der Waals surface area contributed by atoms with Gasteiger partial charge in [-0.05, 0) is 12.5 Å².